The highest BCUT2D eigenvalue weighted by Crippen LogP contribution is 2.50. The lowest BCUT2D eigenvalue weighted by Gasteiger charge is -2.30. The summed E-state index contributed by atoms with van der Waals surface area (Å²) in [5.41, 5.74) is 2.80. The maximum absolute atomic E-state index is 16.2. The third-order valence-corrected chi connectivity index (χ3v) is 10.1. The SMILES string of the molecule is CC(C)(C)OC(=O)N1CCC[C@H]1c1ncc(-c2cc(F)c3c(c2)OC(c2ccc(C4CC4)s2)n2c-3cc3cc(Cl)ccc32)[nH]1. The van der Waals surface area contributed by atoms with Gasteiger partial charge >= 0.3 is 6.09 Å². The topological polar surface area (TPSA) is 72.4 Å². The second-order valence-electron chi connectivity index (χ2n) is 12.9. The van der Waals surface area contributed by atoms with Crippen molar-refractivity contribution in [3.05, 3.63) is 81.1 Å². The van der Waals surface area contributed by atoms with Crippen molar-refractivity contribution in [1.82, 2.24) is 19.4 Å². The number of H-pyrrole nitrogens is 1. The lowest BCUT2D eigenvalue weighted by atomic mass is 10.0. The van der Waals surface area contributed by atoms with Gasteiger partial charge in [-0.25, -0.2) is 14.2 Å². The van der Waals surface area contributed by atoms with E-state index in [1.165, 1.54) is 23.8 Å². The minimum Gasteiger partial charge on any atom is -0.464 e. The van der Waals surface area contributed by atoms with Crippen molar-refractivity contribution in [1.29, 1.82) is 0 Å². The number of nitrogens with one attached hydrogen (secondary N) is 1. The molecule has 7 nitrogen and oxygen atoms in total. The molecule has 1 saturated carbocycles. The number of halogens is 2. The average Bonchev–Trinajstić information content (AvgIpc) is 3.39. The van der Waals surface area contributed by atoms with Crippen LogP contribution in [-0.2, 0) is 4.74 Å². The number of ether oxygens (including phenoxy) is 2. The van der Waals surface area contributed by atoms with Gasteiger partial charge in [0.25, 0.3) is 0 Å². The van der Waals surface area contributed by atoms with E-state index in [0.29, 0.717) is 45.9 Å². The maximum atomic E-state index is 16.2. The summed E-state index contributed by atoms with van der Waals surface area (Å²) in [6.45, 7) is 6.18. The molecule has 0 bridgehead atoms. The zero-order valence-corrected chi connectivity index (χ0v) is 26.3. The van der Waals surface area contributed by atoms with Crippen LogP contribution in [-0.4, -0.2) is 37.7 Å². The summed E-state index contributed by atoms with van der Waals surface area (Å²) in [5, 5.41) is 1.56. The molecule has 10 heteroatoms. The number of benzene rings is 2. The molecule has 2 fully saturated rings. The summed E-state index contributed by atoms with van der Waals surface area (Å²) in [7, 11) is 0. The van der Waals surface area contributed by atoms with Gasteiger partial charge in [-0.05, 0) is 101 Å². The van der Waals surface area contributed by atoms with Crippen LogP contribution in [0.4, 0.5) is 9.18 Å². The van der Waals surface area contributed by atoms with Crippen LogP contribution >= 0.6 is 22.9 Å². The Labute approximate surface area is 263 Å². The number of aromatic nitrogens is 3. The van der Waals surface area contributed by atoms with Gasteiger partial charge in [0.15, 0.2) is 0 Å². The fraction of sp³-hybridized carbons (Fsp3) is 0.353. The molecule has 3 aliphatic rings. The number of amides is 1. The molecule has 0 spiro atoms. The van der Waals surface area contributed by atoms with Crippen LogP contribution in [0.1, 0.15) is 80.2 Å². The number of hydrogen-bond donors (Lipinski definition) is 1. The van der Waals surface area contributed by atoms with Crippen LogP contribution in [0.5, 0.6) is 5.75 Å². The van der Waals surface area contributed by atoms with Crippen molar-refractivity contribution < 1.29 is 18.7 Å². The van der Waals surface area contributed by atoms with Crippen molar-refractivity contribution >= 4 is 39.9 Å². The molecular formula is C34H32ClFN4O3S. The van der Waals surface area contributed by atoms with Gasteiger partial charge in [-0.3, -0.25) is 9.47 Å². The van der Waals surface area contributed by atoms with Gasteiger partial charge in [0, 0.05) is 27.4 Å². The van der Waals surface area contributed by atoms with E-state index in [-0.39, 0.29) is 18.0 Å². The first kappa shape index (κ1) is 27.7. The number of hydrogen-bond acceptors (Lipinski definition) is 5. The Kier molecular flexibility index (Phi) is 6.36. The number of imidazole rings is 1. The quantitative estimate of drug-likeness (QED) is 0.215. The lowest BCUT2D eigenvalue weighted by Crippen LogP contribution is -2.36. The number of nitrogens with zero attached hydrogens (tertiary/aromatic N) is 3. The van der Waals surface area contributed by atoms with Crippen molar-refractivity contribution in [3.8, 4) is 28.3 Å². The number of likely N-dealkylation sites (tertiary alicyclic amines) is 1. The Bertz CT molecular complexity index is 1930. The van der Waals surface area contributed by atoms with E-state index in [1.54, 1.807) is 22.4 Å². The van der Waals surface area contributed by atoms with Crippen molar-refractivity contribution in [2.24, 2.45) is 0 Å². The minimum atomic E-state index is -0.586. The summed E-state index contributed by atoms with van der Waals surface area (Å²) in [6, 6.07) is 15.2. The molecule has 8 rings (SSSR count). The third kappa shape index (κ3) is 4.77. The molecule has 44 heavy (non-hydrogen) atoms. The third-order valence-electron chi connectivity index (χ3n) is 8.56. The van der Waals surface area contributed by atoms with E-state index >= 15 is 4.39 Å². The van der Waals surface area contributed by atoms with Gasteiger partial charge in [0.2, 0.25) is 6.23 Å². The van der Waals surface area contributed by atoms with Gasteiger partial charge in [-0.1, -0.05) is 11.6 Å². The van der Waals surface area contributed by atoms with Crippen LogP contribution in [0.15, 0.2) is 54.7 Å². The molecule has 1 unspecified atom stereocenters. The van der Waals surface area contributed by atoms with E-state index in [4.69, 9.17) is 21.1 Å². The zero-order chi connectivity index (χ0) is 30.3. The molecule has 1 amide bonds. The summed E-state index contributed by atoms with van der Waals surface area (Å²) in [6.07, 6.45) is 4.97. The Balaban J connectivity index is 1.18. The highest BCUT2D eigenvalue weighted by Gasteiger charge is 2.36. The molecule has 5 aromatic rings. The van der Waals surface area contributed by atoms with E-state index < -0.39 is 11.8 Å². The molecule has 0 radical (unpaired) electrons. The molecule has 2 atom stereocenters. The number of thiophene rings is 1. The lowest BCUT2D eigenvalue weighted by molar-refractivity contribution is 0.0218. The van der Waals surface area contributed by atoms with E-state index in [9.17, 15) is 4.79 Å². The number of aromatic amines is 1. The number of fused-ring (bicyclic) bond motifs is 5. The minimum absolute atomic E-state index is 0.233. The largest absolute Gasteiger partial charge is 0.464 e. The first-order valence-corrected chi connectivity index (χ1v) is 16.3. The predicted octanol–water partition coefficient (Wildman–Crippen LogP) is 9.44. The first-order valence-electron chi connectivity index (χ1n) is 15.1. The first-order chi connectivity index (χ1) is 21.1. The summed E-state index contributed by atoms with van der Waals surface area (Å²) in [4.78, 5) is 25.0. The van der Waals surface area contributed by atoms with Gasteiger partial charge in [-0.15, -0.1) is 11.3 Å². The molecule has 2 aromatic carbocycles. The van der Waals surface area contributed by atoms with E-state index in [0.717, 1.165) is 34.3 Å². The summed E-state index contributed by atoms with van der Waals surface area (Å²) >= 11 is 8.12. The molecular weight excluding hydrogens is 599 g/mol. The Morgan fingerprint density at radius 3 is 2.73 bits per heavy atom. The van der Waals surface area contributed by atoms with Crippen molar-refractivity contribution in [2.75, 3.05) is 6.54 Å². The molecule has 226 valence electrons. The number of carbonyl (C=O) groups excluding carboxylic acids is 1. The zero-order valence-electron chi connectivity index (χ0n) is 24.7. The van der Waals surface area contributed by atoms with Gasteiger partial charge in [-0.2, -0.15) is 0 Å². The van der Waals surface area contributed by atoms with Gasteiger partial charge in [0.05, 0.1) is 39.6 Å². The molecule has 1 saturated heterocycles. The van der Waals surface area contributed by atoms with Gasteiger partial charge < -0.3 is 14.5 Å². The Morgan fingerprint density at radius 2 is 1.93 bits per heavy atom. The molecule has 3 aromatic heterocycles. The monoisotopic (exact) mass is 630 g/mol. The fourth-order valence-corrected chi connectivity index (χ4v) is 7.80. The van der Waals surface area contributed by atoms with E-state index in [1.807, 2.05) is 51.1 Å². The fourth-order valence-electron chi connectivity index (χ4n) is 6.42. The van der Waals surface area contributed by atoms with Crippen LogP contribution in [0.2, 0.25) is 5.02 Å². The van der Waals surface area contributed by atoms with Gasteiger partial charge in [0.1, 0.15) is 23.0 Å². The predicted molar refractivity (Wildman–Crippen MR) is 170 cm³/mol. The Hall–Kier alpha value is -3.82. The summed E-state index contributed by atoms with van der Waals surface area (Å²) < 4.78 is 30.6. The number of rotatable bonds is 4. The van der Waals surface area contributed by atoms with E-state index in [2.05, 4.69) is 26.7 Å². The second kappa shape index (κ2) is 10.1. The standard InChI is InChI=1S/C34H32ClFN4O3S/c1-34(2,3)43-33(41)39-12-4-5-25(39)31-37-17-23(38-31)19-14-22(36)30-26-15-20-13-21(35)8-9-24(20)40(26)32(42-27(30)16-19)29-11-10-28(44-29)18-6-7-18/h8-11,13-18,25,32H,4-7,12H2,1-3H3,(H,37,38)/t25-,32?/m0/s1. The smallest absolute Gasteiger partial charge is 0.410 e. The molecule has 5 heterocycles. The van der Waals surface area contributed by atoms with Crippen LogP contribution in [0.3, 0.4) is 0 Å². The molecule has 1 N–H and O–H groups in total. The normalized spacial score (nSPS) is 19.6. The maximum Gasteiger partial charge on any atom is 0.410 e. The number of carbonyl (C=O) groups is 1. The summed E-state index contributed by atoms with van der Waals surface area (Å²) in [5.74, 6) is 1.38. The highest BCUT2D eigenvalue weighted by molar-refractivity contribution is 7.12. The Morgan fingerprint density at radius 1 is 1.11 bits per heavy atom. The second-order valence-corrected chi connectivity index (χ2v) is 14.5. The van der Waals surface area contributed by atoms with Crippen molar-refractivity contribution in [2.45, 2.75) is 70.2 Å². The average molecular weight is 631 g/mol. The molecule has 1 aliphatic carbocycles. The highest BCUT2D eigenvalue weighted by atomic mass is 35.5. The van der Waals surface area contributed by atoms with Crippen LogP contribution in [0.25, 0.3) is 33.4 Å². The van der Waals surface area contributed by atoms with Crippen LogP contribution < -0.4 is 4.74 Å². The van der Waals surface area contributed by atoms with Crippen molar-refractivity contribution in [3.63, 3.8) is 0 Å². The van der Waals surface area contributed by atoms with Crippen LogP contribution in [0, 0.1) is 5.82 Å². The molecule has 2 aliphatic heterocycles.